The molecule has 2 unspecified atom stereocenters. The van der Waals surface area contributed by atoms with Gasteiger partial charge in [-0.15, -0.1) is 0 Å². The monoisotopic (exact) mass is 277 g/mol. The van der Waals surface area contributed by atoms with E-state index in [1.165, 1.54) is 0 Å². The van der Waals surface area contributed by atoms with Crippen molar-refractivity contribution in [3.05, 3.63) is 35.9 Å². The van der Waals surface area contributed by atoms with Gasteiger partial charge in [-0.25, -0.2) is 0 Å². The number of carbonyl (C=O) groups is 1. The molecule has 4 nitrogen and oxygen atoms in total. The predicted octanol–water partition coefficient (Wildman–Crippen LogP) is 2.40. The smallest absolute Gasteiger partial charge is 0.312 e. The van der Waals surface area contributed by atoms with Gasteiger partial charge in [-0.05, 0) is 32.3 Å². The summed E-state index contributed by atoms with van der Waals surface area (Å²) in [6, 6.07) is 9.72. The van der Waals surface area contributed by atoms with Gasteiger partial charge in [0.05, 0.1) is 11.5 Å². The Balaban J connectivity index is 1.95. The highest BCUT2D eigenvalue weighted by Gasteiger charge is 2.29. The van der Waals surface area contributed by atoms with Gasteiger partial charge in [0.15, 0.2) is 0 Å². The summed E-state index contributed by atoms with van der Waals surface area (Å²) in [6.45, 7) is 5.34. The van der Waals surface area contributed by atoms with Crippen LogP contribution in [0.4, 0.5) is 0 Å². The quantitative estimate of drug-likeness (QED) is 0.867. The topological polar surface area (TPSA) is 58.6 Å². The molecule has 1 heterocycles. The van der Waals surface area contributed by atoms with Crippen molar-refractivity contribution in [3.8, 4) is 0 Å². The predicted molar refractivity (Wildman–Crippen MR) is 77.9 cm³/mol. The molecule has 4 heteroatoms. The fraction of sp³-hybridized carbons (Fsp3) is 0.562. The van der Waals surface area contributed by atoms with E-state index in [2.05, 4.69) is 19.2 Å². The van der Waals surface area contributed by atoms with Crippen LogP contribution in [0.3, 0.4) is 0 Å². The van der Waals surface area contributed by atoms with Crippen molar-refractivity contribution >= 4 is 5.97 Å². The van der Waals surface area contributed by atoms with E-state index in [0.717, 1.165) is 25.0 Å². The fourth-order valence-electron chi connectivity index (χ4n) is 2.72. The van der Waals surface area contributed by atoms with Gasteiger partial charge in [0.2, 0.25) is 0 Å². The lowest BCUT2D eigenvalue weighted by Crippen LogP contribution is -2.45. The number of ether oxygens (including phenoxy) is 1. The summed E-state index contributed by atoms with van der Waals surface area (Å²) in [4.78, 5) is 11.4. The number of rotatable bonds is 5. The molecule has 110 valence electrons. The van der Waals surface area contributed by atoms with E-state index >= 15 is 0 Å². The van der Waals surface area contributed by atoms with Crippen molar-refractivity contribution in [3.63, 3.8) is 0 Å². The zero-order valence-corrected chi connectivity index (χ0v) is 12.1. The maximum absolute atomic E-state index is 11.4. The highest BCUT2D eigenvalue weighted by Crippen LogP contribution is 2.24. The molecule has 0 saturated carbocycles. The fourth-order valence-corrected chi connectivity index (χ4v) is 2.72. The van der Waals surface area contributed by atoms with E-state index in [0.29, 0.717) is 12.6 Å². The molecule has 2 rings (SSSR count). The molecule has 0 radical (unpaired) electrons. The molecule has 2 N–H and O–H groups in total. The third-order valence-electron chi connectivity index (χ3n) is 3.81. The molecule has 0 aromatic heterocycles. The molecular formula is C16H23NO3. The van der Waals surface area contributed by atoms with Crippen molar-refractivity contribution in [2.24, 2.45) is 0 Å². The first-order chi connectivity index (χ1) is 9.48. The van der Waals surface area contributed by atoms with E-state index in [1.807, 2.05) is 30.3 Å². The number of hydrogen-bond acceptors (Lipinski definition) is 3. The molecule has 1 aromatic rings. The second-order valence-corrected chi connectivity index (χ2v) is 6.01. The lowest BCUT2D eigenvalue weighted by atomic mass is 9.92. The number of hydrogen-bond donors (Lipinski definition) is 2. The van der Waals surface area contributed by atoms with Crippen LogP contribution in [0.5, 0.6) is 0 Å². The highest BCUT2D eigenvalue weighted by atomic mass is 16.5. The Morgan fingerprint density at radius 2 is 2.15 bits per heavy atom. The Bertz CT molecular complexity index is 444. The van der Waals surface area contributed by atoms with Crippen molar-refractivity contribution in [2.75, 3.05) is 13.2 Å². The lowest BCUT2D eigenvalue weighted by molar-refractivity contribution is -0.138. The van der Waals surface area contributed by atoms with Crippen LogP contribution in [0.15, 0.2) is 30.3 Å². The summed E-state index contributed by atoms with van der Waals surface area (Å²) < 4.78 is 5.68. The van der Waals surface area contributed by atoms with E-state index in [-0.39, 0.29) is 5.60 Å². The summed E-state index contributed by atoms with van der Waals surface area (Å²) >= 11 is 0. The zero-order chi connectivity index (χ0) is 14.6. The minimum Gasteiger partial charge on any atom is -0.481 e. The van der Waals surface area contributed by atoms with Gasteiger partial charge in [0.25, 0.3) is 0 Å². The SMILES string of the molecule is CC1(C)CC(NCC(C(=O)O)c2ccccc2)CCO1. The Kier molecular flexibility index (Phi) is 4.78. The third-order valence-corrected chi connectivity index (χ3v) is 3.81. The second kappa shape index (κ2) is 6.37. The van der Waals surface area contributed by atoms with E-state index in [1.54, 1.807) is 0 Å². The molecule has 1 fully saturated rings. The average Bonchev–Trinajstić information content (AvgIpc) is 2.38. The highest BCUT2D eigenvalue weighted by molar-refractivity contribution is 5.76. The molecule has 20 heavy (non-hydrogen) atoms. The lowest BCUT2D eigenvalue weighted by Gasteiger charge is -2.36. The van der Waals surface area contributed by atoms with Gasteiger partial charge >= 0.3 is 5.97 Å². The van der Waals surface area contributed by atoms with Crippen LogP contribution < -0.4 is 5.32 Å². The van der Waals surface area contributed by atoms with Crippen LogP contribution in [0.2, 0.25) is 0 Å². The molecule has 1 aromatic carbocycles. The number of aliphatic carboxylic acids is 1. The van der Waals surface area contributed by atoms with Crippen molar-refractivity contribution in [2.45, 2.75) is 44.2 Å². The molecule has 1 aliphatic rings. The molecule has 0 amide bonds. The summed E-state index contributed by atoms with van der Waals surface area (Å²) in [5, 5.41) is 12.8. The number of benzene rings is 1. The number of carboxylic acids is 1. The van der Waals surface area contributed by atoms with Gasteiger partial charge in [-0.3, -0.25) is 4.79 Å². The van der Waals surface area contributed by atoms with Gasteiger partial charge < -0.3 is 15.2 Å². The van der Waals surface area contributed by atoms with Crippen LogP contribution in [-0.2, 0) is 9.53 Å². The molecule has 2 atom stereocenters. The minimum atomic E-state index is -0.782. The van der Waals surface area contributed by atoms with Crippen LogP contribution in [0.1, 0.15) is 38.2 Å². The molecular weight excluding hydrogens is 254 g/mol. The summed E-state index contributed by atoms with van der Waals surface area (Å²) in [7, 11) is 0. The van der Waals surface area contributed by atoms with Gasteiger partial charge in [0.1, 0.15) is 0 Å². The van der Waals surface area contributed by atoms with Crippen LogP contribution >= 0.6 is 0 Å². The first-order valence-corrected chi connectivity index (χ1v) is 7.13. The molecule has 1 aliphatic heterocycles. The Labute approximate surface area is 120 Å². The largest absolute Gasteiger partial charge is 0.481 e. The van der Waals surface area contributed by atoms with Gasteiger partial charge in [-0.1, -0.05) is 30.3 Å². The van der Waals surface area contributed by atoms with E-state index < -0.39 is 11.9 Å². The van der Waals surface area contributed by atoms with Crippen LogP contribution in [0.25, 0.3) is 0 Å². The Morgan fingerprint density at radius 3 is 2.75 bits per heavy atom. The maximum atomic E-state index is 11.4. The second-order valence-electron chi connectivity index (χ2n) is 6.01. The van der Waals surface area contributed by atoms with E-state index in [4.69, 9.17) is 4.74 Å². The number of carboxylic acid groups (broad SMARTS) is 1. The summed E-state index contributed by atoms with van der Waals surface area (Å²) in [5.74, 6) is -1.28. The zero-order valence-electron chi connectivity index (χ0n) is 12.1. The minimum absolute atomic E-state index is 0.124. The van der Waals surface area contributed by atoms with Crippen LogP contribution in [-0.4, -0.2) is 35.9 Å². The van der Waals surface area contributed by atoms with Crippen LogP contribution in [0, 0.1) is 0 Å². The maximum Gasteiger partial charge on any atom is 0.312 e. The third kappa shape index (κ3) is 4.05. The normalized spacial score (nSPS) is 23.2. The molecule has 0 bridgehead atoms. The molecule has 1 saturated heterocycles. The number of nitrogens with one attached hydrogen (secondary N) is 1. The van der Waals surface area contributed by atoms with Crippen molar-refractivity contribution < 1.29 is 14.6 Å². The van der Waals surface area contributed by atoms with E-state index in [9.17, 15) is 9.90 Å². The Morgan fingerprint density at radius 1 is 1.45 bits per heavy atom. The first-order valence-electron chi connectivity index (χ1n) is 7.13. The Hall–Kier alpha value is -1.39. The average molecular weight is 277 g/mol. The summed E-state index contributed by atoms with van der Waals surface area (Å²) in [6.07, 6.45) is 1.85. The first kappa shape index (κ1) is 15.0. The molecule has 0 spiro atoms. The molecule has 0 aliphatic carbocycles. The van der Waals surface area contributed by atoms with Gasteiger partial charge in [0, 0.05) is 19.2 Å². The van der Waals surface area contributed by atoms with Gasteiger partial charge in [-0.2, -0.15) is 0 Å². The van der Waals surface area contributed by atoms with Crippen molar-refractivity contribution in [1.82, 2.24) is 5.32 Å². The summed E-state index contributed by atoms with van der Waals surface area (Å²) in [5.41, 5.74) is 0.723. The standard InChI is InChI=1S/C16H23NO3/c1-16(2)10-13(8-9-20-16)17-11-14(15(18)19)12-6-4-3-5-7-12/h3-7,13-14,17H,8-11H2,1-2H3,(H,18,19). The van der Waals surface area contributed by atoms with Crippen molar-refractivity contribution in [1.29, 1.82) is 0 Å².